The number of amides is 1. The van der Waals surface area contributed by atoms with Crippen LogP contribution in [-0.2, 0) is 4.79 Å². The van der Waals surface area contributed by atoms with Crippen LogP contribution in [0.1, 0.15) is 27.7 Å². The van der Waals surface area contributed by atoms with Crippen molar-refractivity contribution in [3.63, 3.8) is 0 Å². The second-order valence-corrected chi connectivity index (χ2v) is 5.45. The molecular formula is C15H24N2O3. The maximum absolute atomic E-state index is 11.8. The maximum atomic E-state index is 11.8. The molecule has 2 N–H and O–H groups in total. The van der Waals surface area contributed by atoms with Crippen LogP contribution >= 0.6 is 0 Å². The lowest BCUT2D eigenvalue weighted by atomic mass is 10.1. The summed E-state index contributed by atoms with van der Waals surface area (Å²) in [6, 6.07) is 5.32. The molecule has 1 amide bonds. The number of carbonyl (C=O) groups excluding carboxylic acids is 1. The van der Waals surface area contributed by atoms with Crippen molar-refractivity contribution < 1.29 is 14.3 Å². The number of anilines is 1. The fourth-order valence-electron chi connectivity index (χ4n) is 1.57. The zero-order valence-corrected chi connectivity index (χ0v) is 12.9. The topological polar surface area (TPSA) is 59.6 Å². The molecule has 5 nitrogen and oxygen atoms in total. The second-order valence-electron chi connectivity index (χ2n) is 5.45. The van der Waals surface area contributed by atoms with E-state index < -0.39 is 0 Å². The van der Waals surface area contributed by atoms with E-state index in [0.29, 0.717) is 23.8 Å². The van der Waals surface area contributed by atoms with E-state index in [0.717, 1.165) is 0 Å². The van der Waals surface area contributed by atoms with Gasteiger partial charge in [0.25, 0.3) is 0 Å². The smallest absolute Gasteiger partial charge is 0.238 e. The Labute approximate surface area is 120 Å². The number of hydrogen-bond acceptors (Lipinski definition) is 4. The molecule has 0 radical (unpaired) electrons. The van der Waals surface area contributed by atoms with Crippen LogP contribution in [0.5, 0.6) is 11.5 Å². The SMILES string of the molecule is CCOc1cc(NC(=O)CNC(C)(C)C)ccc1OC. The third-order valence-corrected chi connectivity index (χ3v) is 2.53. The van der Waals surface area contributed by atoms with E-state index in [2.05, 4.69) is 10.6 Å². The van der Waals surface area contributed by atoms with Crippen LogP contribution < -0.4 is 20.1 Å². The van der Waals surface area contributed by atoms with E-state index in [9.17, 15) is 4.79 Å². The number of rotatable bonds is 6. The predicted octanol–water partition coefficient (Wildman–Crippen LogP) is 2.42. The molecule has 1 aromatic rings. The highest BCUT2D eigenvalue weighted by Crippen LogP contribution is 2.30. The molecule has 1 rings (SSSR count). The Bertz CT molecular complexity index is 453. The van der Waals surface area contributed by atoms with Crippen molar-refractivity contribution in [1.82, 2.24) is 5.32 Å². The molecule has 0 fully saturated rings. The maximum Gasteiger partial charge on any atom is 0.238 e. The van der Waals surface area contributed by atoms with Crippen molar-refractivity contribution in [3.8, 4) is 11.5 Å². The summed E-state index contributed by atoms with van der Waals surface area (Å²) >= 11 is 0. The average Bonchev–Trinajstić information content (AvgIpc) is 2.36. The molecule has 0 bridgehead atoms. The first-order chi connectivity index (χ1) is 9.35. The quantitative estimate of drug-likeness (QED) is 0.840. The molecule has 1 aromatic carbocycles. The van der Waals surface area contributed by atoms with E-state index in [4.69, 9.17) is 9.47 Å². The highest BCUT2D eigenvalue weighted by atomic mass is 16.5. The van der Waals surface area contributed by atoms with Gasteiger partial charge in [-0.2, -0.15) is 0 Å². The summed E-state index contributed by atoms with van der Waals surface area (Å²) in [5.74, 6) is 1.18. The Hall–Kier alpha value is -1.75. The van der Waals surface area contributed by atoms with Gasteiger partial charge in [0.2, 0.25) is 5.91 Å². The molecule has 0 aliphatic rings. The summed E-state index contributed by atoms with van der Waals surface area (Å²) in [5, 5.41) is 5.96. The summed E-state index contributed by atoms with van der Waals surface area (Å²) in [7, 11) is 1.59. The molecule has 0 saturated carbocycles. The molecule has 0 atom stereocenters. The molecule has 0 aromatic heterocycles. The van der Waals surface area contributed by atoms with Gasteiger partial charge in [0, 0.05) is 17.3 Å². The van der Waals surface area contributed by atoms with Crippen LogP contribution in [-0.4, -0.2) is 31.7 Å². The van der Waals surface area contributed by atoms with E-state index in [1.807, 2.05) is 27.7 Å². The predicted molar refractivity (Wildman–Crippen MR) is 80.5 cm³/mol. The number of hydrogen-bond donors (Lipinski definition) is 2. The van der Waals surface area contributed by atoms with Gasteiger partial charge >= 0.3 is 0 Å². The minimum Gasteiger partial charge on any atom is -0.493 e. The number of carbonyl (C=O) groups is 1. The lowest BCUT2D eigenvalue weighted by Gasteiger charge is -2.20. The van der Waals surface area contributed by atoms with Crippen LogP contribution in [0.2, 0.25) is 0 Å². The number of nitrogens with one attached hydrogen (secondary N) is 2. The van der Waals surface area contributed by atoms with E-state index in [1.165, 1.54) is 0 Å². The Balaban J connectivity index is 2.68. The highest BCUT2D eigenvalue weighted by Gasteiger charge is 2.12. The molecule has 0 saturated heterocycles. The van der Waals surface area contributed by atoms with Crippen molar-refractivity contribution in [3.05, 3.63) is 18.2 Å². The standard InChI is InChI=1S/C15H24N2O3/c1-6-20-13-9-11(7-8-12(13)19-5)17-14(18)10-16-15(2,3)4/h7-9,16H,6,10H2,1-5H3,(H,17,18). The first kappa shape index (κ1) is 16.3. The van der Waals surface area contributed by atoms with E-state index in [1.54, 1.807) is 25.3 Å². The summed E-state index contributed by atoms with van der Waals surface area (Å²) < 4.78 is 10.7. The van der Waals surface area contributed by atoms with Crippen molar-refractivity contribution in [2.24, 2.45) is 0 Å². The van der Waals surface area contributed by atoms with Crippen molar-refractivity contribution in [1.29, 1.82) is 0 Å². The van der Waals surface area contributed by atoms with E-state index >= 15 is 0 Å². The minimum absolute atomic E-state index is 0.0896. The first-order valence-electron chi connectivity index (χ1n) is 6.71. The number of methoxy groups -OCH3 is 1. The highest BCUT2D eigenvalue weighted by molar-refractivity contribution is 5.92. The van der Waals surface area contributed by atoms with Gasteiger partial charge in [-0.3, -0.25) is 4.79 Å². The van der Waals surface area contributed by atoms with E-state index in [-0.39, 0.29) is 18.0 Å². The molecule has 20 heavy (non-hydrogen) atoms. The fourth-order valence-corrected chi connectivity index (χ4v) is 1.57. The van der Waals surface area contributed by atoms with Crippen molar-refractivity contribution in [2.45, 2.75) is 33.2 Å². The zero-order valence-electron chi connectivity index (χ0n) is 12.9. The Morgan fingerprint density at radius 3 is 2.50 bits per heavy atom. The molecule has 0 aliphatic heterocycles. The van der Waals surface area contributed by atoms with Gasteiger partial charge in [-0.05, 0) is 39.8 Å². The molecule has 5 heteroatoms. The number of ether oxygens (including phenoxy) is 2. The van der Waals surface area contributed by atoms with Crippen LogP contribution in [0, 0.1) is 0 Å². The van der Waals surface area contributed by atoms with Gasteiger partial charge in [0.05, 0.1) is 20.3 Å². The lowest BCUT2D eigenvalue weighted by molar-refractivity contribution is -0.115. The Kier molecular flexibility index (Phi) is 5.82. The second kappa shape index (κ2) is 7.14. The van der Waals surface area contributed by atoms with Gasteiger partial charge in [-0.25, -0.2) is 0 Å². The van der Waals surface area contributed by atoms with Gasteiger partial charge in [0.1, 0.15) is 0 Å². The third kappa shape index (κ3) is 5.48. The number of benzene rings is 1. The third-order valence-electron chi connectivity index (χ3n) is 2.53. The van der Waals surface area contributed by atoms with Crippen molar-refractivity contribution >= 4 is 11.6 Å². The minimum atomic E-state index is -0.0902. The Morgan fingerprint density at radius 1 is 1.25 bits per heavy atom. The average molecular weight is 280 g/mol. The van der Waals surface area contributed by atoms with Crippen LogP contribution in [0.4, 0.5) is 5.69 Å². The normalized spacial score (nSPS) is 11.1. The lowest BCUT2D eigenvalue weighted by Crippen LogP contribution is -2.41. The molecule has 0 spiro atoms. The van der Waals surface area contributed by atoms with Gasteiger partial charge in [-0.1, -0.05) is 0 Å². The summed E-state index contributed by atoms with van der Waals surface area (Å²) in [4.78, 5) is 11.8. The molecule has 0 unspecified atom stereocenters. The van der Waals surface area contributed by atoms with Crippen LogP contribution in [0.15, 0.2) is 18.2 Å². The van der Waals surface area contributed by atoms with Crippen LogP contribution in [0.25, 0.3) is 0 Å². The van der Waals surface area contributed by atoms with Crippen LogP contribution in [0.3, 0.4) is 0 Å². The van der Waals surface area contributed by atoms with Gasteiger partial charge in [-0.15, -0.1) is 0 Å². The van der Waals surface area contributed by atoms with Gasteiger partial charge in [0.15, 0.2) is 11.5 Å². The molecule has 0 heterocycles. The fraction of sp³-hybridized carbons (Fsp3) is 0.533. The van der Waals surface area contributed by atoms with Crippen molar-refractivity contribution in [2.75, 3.05) is 25.6 Å². The summed E-state index contributed by atoms with van der Waals surface area (Å²) in [5.41, 5.74) is 0.600. The molecule has 112 valence electrons. The Morgan fingerprint density at radius 2 is 1.95 bits per heavy atom. The monoisotopic (exact) mass is 280 g/mol. The summed E-state index contributed by atoms with van der Waals surface area (Å²) in [6.45, 7) is 8.75. The molecule has 0 aliphatic carbocycles. The largest absolute Gasteiger partial charge is 0.493 e. The summed E-state index contributed by atoms with van der Waals surface area (Å²) in [6.07, 6.45) is 0. The van der Waals surface area contributed by atoms with Gasteiger partial charge < -0.3 is 20.1 Å². The molecular weight excluding hydrogens is 256 g/mol. The zero-order chi connectivity index (χ0) is 15.2. The first-order valence-corrected chi connectivity index (χ1v) is 6.71.